The number of nitrogens with zero attached hydrogens (tertiary/aromatic N) is 4. The lowest BCUT2D eigenvalue weighted by Gasteiger charge is -2.12. The molecule has 3 rings (SSSR count). The Morgan fingerprint density at radius 1 is 1.30 bits per heavy atom. The molecule has 10 nitrogen and oxygen atoms in total. The van der Waals surface area contributed by atoms with Gasteiger partial charge in [-0.1, -0.05) is 0 Å². The number of anilines is 1. The number of rotatable bonds is 6. The molecule has 2 heterocycles. The highest BCUT2D eigenvalue weighted by Gasteiger charge is 2.37. The maximum atomic E-state index is 12.4. The number of benzene rings is 1. The number of hydrogen-bond donors (Lipinski definition) is 1. The Bertz CT molecular complexity index is 954. The summed E-state index contributed by atoms with van der Waals surface area (Å²) in [6.07, 6.45) is 0. The third kappa shape index (κ3) is 3.83. The summed E-state index contributed by atoms with van der Waals surface area (Å²) in [4.78, 5) is 54.1. The zero-order valence-electron chi connectivity index (χ0n) is 14.5. The Hall–Kier alpha value is -3.18. The summed E-state index contributed by atoms with van der Waals surface area (Å²) in [7, 11) is 3.79. The Kier molecular flexibility index (Phi) is 4.97. The number of non-ortho nitro benzene ring substituents is 1. The van der Waals surface area contributed by atoms with Crippen LogP contribution in [0.2, 0.25) is 0 Å². The van der Waals surface area contributed by atoms with E-state index in [0.717, 1.165) is 22.7 Å². The molecular weight excluding hydrogens is 374 g/mol. The molecule has 3 amide bonds. The van der Waals surface area contributed by atoms with Crippen molar-refractivity contribution in [2.45, 2.75) is 6.54 Å². The monoisotopic (exact) mass is 389 g/mol. The van der Waals surface area contributed by atoms with E-state index in [1.165, 1.54) is 17.4 Å². The predicted molar refractivity (Wildman–Crippen MR) is 96.6 cm³/mol. The highest BCUT2D eigenvalue weighted by Crippen LogP contribution is 2.26. The summed E-state index contributed by atoms with van der Waals surface area (Å²) < 4.78 is 0. The van der Waals surface area contributed by atoms with E-state index >= 15 is 0 Å². The summed E-state index contributed by atoms with van der Waals surface area (Å²) in [5.41, 5.74) is 0.455. The summed E-state index contributed by atoms with van der Waals surface area (Å²) in [5, 5.41) is 15.6. The van der Waals surface area contributed by atoms with Crippen molar-refractivity contribution in [3.63, 3.8) is 0 Å². The molecule has 11 heteroatoms. The molecule has 0 radical (unpaired) electrons. The number of aromatic nitrogens is 1. The number of amides is 3. The van der Waals surface area contributed by atoms with E-state index in [4.69, 9.17) is 0 Å². The molecule has 2 aromatic rings. The zero-order valence-corrected chi connectivity index (χ0v) is 15.3. The van der Waals surface area contributed by atoms with Gasteiger partial charge in [0.15, 0.2) is 5.13 Å². The molecule has 0 saturated heterocycles. The second-order valence-corrected chi connectivity index (χ2v) is 6.97. The van der Waals surface area contributed by atoms with Crippen LogP contribution in [0.25, 0.3) is 0 Å². The van der Waals surface area contributed by atoms with Gasteiger partial charge >= 0.3 is 0 Å². The number of nitrogens with one attached hydrogen (secondary N) is 1. The molecule has 1 aliphatic rings. The van der Waals surface area contributed by atoms with Gasteiger partial charge < -0.3 is 10.2 Å². The van der Waals surface area contributed by atoms with E-state index in [0.29, 0.717) is 11.7 Å². The maximum absolute atomic E-state index is 12.4. The van der Waals surface area contributed by atoms with Crippen LogP contribution in [0.3, 0.4) is 0 Å². The Labute approximate surface area is 157 Å². The van der Waals surface area contributed by atoms with Crippen molar-refractivity contribution in [1.82, 2.24) is 14.8 Å². The molecule has 27 heavy (non-hydrogen) atoms. The van der Waals surface area contributed by atoms with E-state index < -0.39 is 29.2 Å². The minimum absolute atomic E-state index is 0.0425. The van der Waals surface area contributed by atoms with Crippen LogP contribution in [0, 0.1) is 10.1 Å². The van der Waals surface area contributed by atoms with Gasteiger partial charge in [0.2, 0.25) is 5.91 Å². The van der Waals surface area contributed by atoms with Crippen molar-refractivity contribution < 1.29 is 19.3 Å². The highest BCUT2D eigenvalue weighted by molar-refractivity contribution is 7.13. The molecule has 1 aromatic heterocycles. The van der Waals surface area contributed by atoms with Gasteiger partial charge in [0, 0.05) is 24.1 Å². The molecule has 0 saturated carbocycles. The number of nitro benzene ring substituents is 1. The molecule has 1 aromatic carbocycles. The summed E-state index contributed by atoms with van der Waals surface area (Å²) in [6.45, 7) is 0.117. The first-order chi connectivity index (χ1) is 12.8. The molecule has 0 bridgehead atoms. The lowest BCUT2D eigenvalue weighted by Crippen LogP contribution is -2.37. The number of nitro groups is 1. The van der Waals surface area contributed by atoms with Crippen LogP contribution in [0.1, 0.15) is 26.4 Å². The number of thiazole rings is 1. The molecule has 1 N–H and O–H groups in total. The van der Waals surface area contributed by atoms with Crippen molar-refractivity contribution in [1.29, 1.82) is 0 Å². The van der Waals surface area contributed by atoms with Crippen LogP contribution in [0.15, 0.2) is 23.6 Å². The quantitative estimate of drug-likeness (QED) is 0.449. The molecule has 1 aliphatic heterocycles. The van der Waals surface area contributed by atoms with Crippen LogP contribution in [-0.4, -0.2) is 58.1 Å². The predicted octanol–water partition coefficient (Wildman–Crippen LogP) is 1.35. The normalized spacial score (nSPS) is 13.2. The van der Waals surface area contributed by atoms with Crippen molar-refractivity contribution in [3.05, 3.63) is 50.5 Å². The van der Waals surface area contributed by atoms with Crippen molar-refractivity contribution in [2.24, 2.45) is 0 Å². The minimum atomic E-state index is -0.735. The topological polar surface area (TPSA) is 126 Å². The number of carbonyl (C=O) groups excluding carboxylic acids is 3. The van der Waals surface area contributed by atoms with Gasteiger partial charge in [0.25, 0.3) is 17.5 Å². The number of imide groups is 1. The molecular formula is C16H15N5O5S. The summed E-state index contributed by atoms with van der Waals surface area (Å²) in [5.74, 6) is -1.97. The van der Waals surface area contributed by atoms with Gasteiger partial charge in [-0.05, 0) is 20.2 Å². The van der Waals surface area contributed by atoms with E-state index in [1.807, 2.05) is 19.0 Å². The first-order valence-corrected chi connectivity index (χ1v) is 8.68. The van der Waals surface area contributed by atoms with Gasteiger partial charge in [-0.25, -0.2) is 4.98 Å². The fourth-order valence-electron chi connectivity index (χ4n) is 2.60. The van der Waals surface area contributed by atoms with Crippen molar-refractivity contribution >= 4 is 39.9 Å². The first kappa shape index (κ1) is 18.6. The van der Waals surface area contributed by atoms with E-state index in [1.54, 1.807) is 5.38 Å². The second kappa shape index (κ2) is 7.21. The molecule has 0 unspecified atom stereocenters. The largest absolute Gasteiger partial charge is 0.304 e. The van der Waals surface area contributed by atoms with E-state index in [-0.39, 0.29) is 16.8 Å². The Morgan fingerprint density at radius 2 is 2.00 bits per heavy atom. The lowest BCUT2D eigenvalue weighted by molar-refractivity contribution is -0.384. The fourth-order valence-corrected chi connectivity index (χ4v) is 3.32. The standard InChI is InChI=1S/C16H15N5O5S/c1-19(2)6-9-8-27-16(17-9)18-13(22)7-20-14(23)11-4-3-10(21(25)26)5-12(11)15(20)24/h3-5,8H,6-7H2,1-2H3,(H,17,18,22). The molecule has 0 atom stereocenters. The highest BCUT2D eigenvalue weighted by atomic mass is 32.1. The molecule has 0 fully saturated rings. The SMILES string of the molecule is CN(C)Cc1csc(NC(=O)CN2C(=O)c3ccc([N+](=O)[O-])cc3C2=O)n1. The second-order valence-electron chi connectivity index (χ2n) is 6.11. The average Bonchev–Trinajstić information content (AvgIpc) is 3.12. The first-order valence-electron chi connectivity index (χ1n) is 7.80. The van der Waals surface area contributed by atoms with Crippen molar-refractivity contribution in [3.8, 4) is 0 Å². The number of fused-ring (bicyclic) bond motifs is 1. The number of hydrogen-bond acceptors (Lipinski definition) is 8. The van der Waals surface area contributed by atoms with Crippen LogP contribution in [-0.2, 0) is 11.3 Å². The van der Waals surface area contributed by atoms with E-state index in [2.05, 4.69) is 10.3 Å². The Morgan fingerprint density at radius 3 is 2.67 bits per heavy atom. The van der Waals surface area contributed by atoms with Gasteiger partial charge in [-0.15, -0.1) is 11.3 Å². The summed E-state index contributed by atoms with van der Waals surface area (Å²) in [6, 6.07) is 3.41. The van der Waals surface area contributed by atoms with Crippen LogP contribution in [0.5, 0.6) is 0 Å². The number of carbonyl (C=O) groups is 3. The Balaban J connectivity index is 1.69. The third-order valence-corrected chi connectivity index (χ3v) is 4.55. The molecule has 0 spiro atoms. The summed E-state index contributed by atoms with van der Waals surface area (Å²) >= 11 is 1.24. The van der Waals surface area contributed by atoms with Crippen LogP contribution >= 0.6 is 11.3 Å². The minimum Gasteiger partial charge on any atom is -0.304 e. The van der Waals surface area contributed by atoms with Gasteiger partial charge in [0.1, 0.15) is 6.54 Å². The van der Waals surface area contributed by atoms with Gasteiger partial charge in [-0.3, -0.25) is 29.4 Å². The fraction of sp³-hybridized carbons (Fsp3) is 0.250. The van der Waals surface area contributed by atoms with Crippen LogP contribution in [0.4, 0.5) is 10.8 Å². The van der Waals surface area contributed by atoms with Crippen LogP contribution < -0.4 is 5.32 Å². The lowest BCUT2D eigenvalue weighted by atomic mass is 10.1. The zero-order chi connectivity index (χ0) is 19.7. The molecule has 140 valence electrons. The van der Waals surface area contributed by atoms with Gasteiger partial charge in [-0.2, -0.15) is 0 Å². The third-order valence-electron chi connectivity index (χ3n) is 3.74. The van der Waals surface area contributed by atoms with Gasteiger partial charge in [0.05, 0.1) is 21.7 Å². The van der Waals surface area contributed by atoms with E-state index in [9.17, 15) is 24.5 Å². The maximum Gasteiger partial charge on any atom is 0.270 e. The average molecular weight is 389 g/mol. The molecule has 0 aliphatic carbocycles. The van der Waals surface area contributed by atoms with Crippen molar-refractivity contribution in [2.75, 3.05) is 26.0 Å². The smallest absolute Gasteiger partial charge is 0.270 e.